The Morgan fingerprint density at radius 3 is 2.94 bits per heavy atom. The van der Waals surface area contributed by atoms with Crippen molar-refractivity contribution in [2.24, 2.45) is 0 Å². The van der Waals surface area contributed by atoms with Gasteiger partial charge in [0, 0.05) is 49.5 Å². The number of rotatable bonds is 5. The van der Waals surface area contributed by atoms with E-state index >= 15 is 0 Å². The lowest BCUT2D eigenvalue weighted by molar-refractivity contribution is -0.384. The fourth-order valence-corrected chi connectivity index (χ4v) is 1.88. The van der Waals surface area contributed by atoms with Crippen molar-refractivity contribution in [3.8, 4) is 0 Å². The van der Waals surface area contributed by atoms with Crippen LogP contribution in [0.15, 0.2) is 30.5 Å². The van der Waals surface area contributed by atoms with Crippen LogP contribution in [-0.2, 0) is 11.3 Å². The largest absolute Gasteiger partial charge is 0.385 e. The van der Waals surface area contributed by atoms with Crippen LogP contribution >= 0.6 is 0 Å². The highest BCUT2D eigenvalue weighted by Gasteiger charge is 2.08. The quantitative estimate of drug-likeness (QED) is 0.454. The van der Waals surface area contributed by atoms with Crippen LogP contribution in [0.3, 0.4) is 0 Å². The summed E-state index contributed by atoms with van der Waals surface area (Å²) in [4.78, 5) is 10.3. The third-order valence-corrected chi connectivity index (χ3v) is 2.71. The Morgan fingerprint density at radius 1 is 1.41 bits per heavy atom. The molecule has 90 valence electrons. The van der Waals surface area contributed by atoms with Crippen molar-refractivity contribution >= 4 is 16.6 Å². The van der Waals surface area contributed by atoms with Crippen molar-refractivity contribution in [1.29, 1.82) is 0 Å². The third kappa shape index (κ3) is 2.45. The smallest absolute Gasteiger partial charge is 0.270 e. The van der Waals surface area contributed by atoms with Gasteiger partial charge in [-0.3, -0.25) is 10.1 Å². The van der Waals surface area contributed by atoms with Crippen molar-refractivity contribution in [1.82, 2.24) is 4.57 Å². The summed E-state index contributed by atoms with van der Waals surface area (Å²) < 4.78 is 7.08. The van der Waals surface area contributed by atoms with Crippen LogP contribution in [0.1, 0.15) is 6.42 Å². The summed E-state index contributed by atoms with van der Waals surface area (Å²) in [5.41, 5.74) is 1.15. The molecule has 0 saturated heterocycles. The van der Waals surface area contributed by atoms with E-state index in [1.165, 1.54) is 6.07 Å². The lowest BCUT2D eigenvalue weighted by Gasteiger charge is -2.04. The van der Waals surface area contributed by atoms with Gasteiger partial charge < -0.3 is 9.30 Å². The summed E-state index contributed by atoms with van der Waals surface area (Å²) in [6.07, 6.45) is 2.88. The number of aryl methyl sites for hydroxylation is 1. The van der Waals surface area contributed by atoms with Crippen LogP contribution in [0.25, 0.3) is 10.9 Å². The number of aromatic nitrogens is 1. The first-order valence-corrected chi connectivity index (χ1v) is 5.44. The Hall–Kier alpha value is -1.88. The average Bonchev–Trinajstić information content (AvgIpc) is 2.72. The van der Waals surface area contributed by atoms with E-state index in [0.717, 1.165) is 23.9 Å². The van der Waals surface area contributed by atoms with Crippen LogP contribution in [-0.4, -0.2) is 23.2 Å². The zero-order valence-electron chi connectivity index (χ0n) is 9.63. The fraction of sp³-hybridized carbons (Fsp3) is 0.333. The second-order valence-electron chi connectivity index (χ2n) is 3.86. The molecule has 2 rings (SSSR count). The summed E-state index contributed by atoms with van der Waals surface area (Å²) in [7, 11) is 1.68. The molecule has 0 atom stereocenters. The van der Waals surface area contributed by atoms with E-state index < -0.39 is 0 Å². The number of nitrogens with zero attached hydrogens (tertiary/aromatic N) is 2. The van der Waals surface area contributed by atoms with E-state index in [9.17, 15) is 10.1 Å². The van der Waals surface area contributed by atoms with Gasteiger partial charge in [0.2, 0.25) is 0 Å². The van der Waals surface area contributed by atoms with Gasteiger partial charge >= 0.3 is 0 Å². The topological polar surface area (TPSA) is 57.3 Å². The van der Waals surface area contributed by atoms with Gasteiger partial charge in [-0.15, -0.1) is 0 Å². The van der Waals surface area contributed by atoms with Crippen molar-refractivity contribution in [3.05, 3.63) is 40.6 Å². The van der Waals surface area contributed by atoms with Crippen molar-refractivity contribution < 1.29 is 9.66 Å². The highest BCUT2D eigenvalue weighted by molar-refractivity contribution is 5.82. The number of benzene rings is 1. The molecule has 0 N–H and O–H groups in total. The third-order valence-electron chi connectivity index (χ3n) is 2.71. The predicted molar refractivity (Wildman–Crippen MR) is 65.1 cm³/mol. The lowest BCUT2D eigenvalue weighted by atomic mass is 10.2. The zero-order valence-corrected chi connectivity index (χ0v) is 9.63. The molecule has 0 fully saturated rings. The first-order valence-electron chi connectivity index (χ1n) is 5.44. The number of ether oxygens (including phenoxy) is 1. The molecule has 0 saturated carbocycles. The molecule has 5 nitrogen and oxygen atoms in total. The standard InChI is InChI=1S/C12H14N2O3/c1-17-8-2-6-13-7-5-10-9-11(14(15)16)3-4-12(10)13/h3-5,7,9H,2,6,8H2,1H3. The maximum atomic E-state index is 10.6. The van der Waals surface area contributed by atoms with Gasteiger partial charge in [-0.1, -0.05) is 0 Å². The lowest BCUT2D eigenvalue weighted by Crippen LogP contribution is -1.99. The monoisotopic (exact) mass is 234 g/mol. The van der Waals surface area contributed by atoms with Crippen molar-refractivity contribution in [2.75, 3.05) is 13.7 Å². The first-order chi connectivity index (χ1) is 8.22. The highest BCUT2D eigenvalue weighted by atomic mass is 16.6. The highest BCUT2D eigenvalue weighted by Crippen LogP contribution is 2.22. The predicted octanol–water partition coefficient (Wildman–Crippen LogP) is 2.59. The van der Waals surface area contributed by atoms with Gasteiger partial charge in [0.05, 0.1) is 4.92 Å². The number of hydrogen-bond donors (Lipinski definition) is 0. The molecule has 1 heterocycles. The van der Waals surface area contributed by atoms with E-state index in [1.807, 2.05) is 12.3 Å². The maximum absolute atomic E-state index is 10.6. The van der Waals surface area contributed by atoms with Crippen molar-refractivity contribution in [3.63, 3.8) is 0 Å². The number of hydrogen-bond acceptors (Lipinski definition) is 3. The number of nitro benzene ring substituents is 1. The summed E-state index contributed by atoms with van der Waals surface area (Å²) in [5, 5.41) is 11.5. The summed E-state index contributed by atoms with van der Waals surface area (Å²) >= 11 is 0. The minimum Gasteiger partial charge on any atom is -0.385 e. The normalized spacial score (nSPS) is 10.9. The van der Waals surface area contributed by atoms with Gasteiger partial charge in [-0.05, 0) is 18.6 Å². The van der Waals surface area contributed by atoms with Gasteiger partial charge in [0.1, 0.15) is 0 Å². The van der Waals surface area contributed by atoms with E-state index in [1.54, 1.807) is 19.2 Å². The minimum absolute atomic E-state index is 0.132. The fourth-order valence-electron chi connectivity index (χ4n) is 1.88. The van der Waals surface area contributed by atoms with E-state index in [0.29, 0.717) is 6.61 Å². The molecule has 2 aromatic rings. The second kappa shape index (κ2) is 4.97. The molecular weight excluding hydrogens is 220 g/mol. The number of methoxy groups -OCH3 is 1. The molecule has 1 aromatic carbocycles. The maximum Gasteiger partial charge on any atom is 0.270 e. The van der Waals surface area contributed by atoms with Crippen molar-refractivity contribution in [2.45, 2.75) is 13.0 Å². The Labute approximate surface area is 98.8 Å². The molecule has 17 heavy (non-hydrogen) atoms. The summed E-state index contributed by atoms with van der Waals surface area (Å²) in [6, 6.07) is 6.83. The van der Waals surface area contributed by atoms with Crippen LogP contribution in [0, 0.1) is 10.1 Å². The Balaban J connectivity index is 2.25. The van der Waals surface area contributed by atoms with E-state index in [2.05, 4.69) is 4.57 Å². The average molecular weight is 234 g/mol. The zero-order chi connectivity index (χ0) is 12.3. The first kappa shape index (κ1) is 11.6. The Bertz CT molecular complexity index is 534. The van der Waals surface area contributed by atoms with Gasteiger partial charge in [0.15, 0.2) is 0 Å². The second-order valence-corrected chi connectivity index (χ2v) is 3.86. The molecule has 0 aliphatic carbocycles. The molecule has 0 spiro atoms. The van der Waals surface area contributed by atoms with Crippen LogP contribution in [0.2, 0.25) is 0 Å². The molecular formula is C12H14N2O3. The molecule has 0 aliphatic rings. The summed E-state index contributed by atoms with van der Waals surface area (Å²) in [6.45, 7) is 1.57. The molecule has 0 radical (unpaired) electrons. The molecule has 0 amide bonds. The van der Waals surface area contributed by atoms with E-state index in [4.69, 9.17) is 4.74 Å². The van der Waals surface area contributed by atoms with Gasteiger partial charge in [-0.2, -0.15) is 0 Å². The number of non-ortho nitro benzene ring substituents is 1. The SMILES string of the molecule is COCCCn1ccc2cc([N+](=O)[O-])ccc21. The van der Waals surface area contributed by atoms with Gasteiger partial charge in [-0.25, -0.2) is 0 Å². The number of fused-ring (bicyclic) bond motifs is 1. The molecule has 5 heteroatoms. The van der Waals surface area contributed by atoms with E-state index in [-0.39, 0.29) is 10.6 Å². The molecule has 0 unspecified atom stereocenters. The Kier molecular flexibility index (Phi) is 3.39. The van der Waals surface area contributed by atoms with Crippen LogP contribution in [0.5, 0.6) is 0 Å². The minimum atomic E-state index is -0.373. The van der Waals surface area contributed by atoms with Crippen LogP contribution < -0.4 is 0 Å². The summed E-state index contributed by atoms with van der Waals surface area (Å²) in [5.74, 6) is 0. The Morgan fingerprint density at radius 2 is 2.24 bits per heavy atom. The van der Waals surface area contributed by atoms with Gasteiger partial charge in [0.25, 0.3) is 5.69 Å². The number of nitro groups is 1. The molecule has 0 bridgehead atoms. The molecule has 1 aromatic heterocycles. The van der Waals surface area contributed by atoms with Crippen LogP contribution in [0.4, 0.5) is 5.69 Å². The molecule has 0 aliphatic heterocycles.